The number of hydrogen-bond acceptors (Lipinski definition) is 7. The van der Waals surface area contributed by atoms with Crippen molar-refractivity contribution in [3.8, 4) is 33.5 Å². The van der Waals surface area contributed by atoms with Crippen LogP contribution in [0, 0.1) is 17.8 Å². The fourth-order valence-electron chi connectivity index (χ4n) is 8.14. The van der Waals surface area contributed by atoms with Gasteiger partial charge in [-0.3, -0.25) is 0 Å². The second kappa shape index (κ2) is 10.3. The van der Waals surface area contributed by atoms with Crippen molar-refractivity contribution in [2.75, 3.05) is 31.2 Å². The molecule has 1 aromatic carbocycles. The van der Waals surface area contributed by atoms with Crippen molar-refractivity contribution in [1.29, 1.82) is 0 Å². The number of aromatic nitrogens is 2. The van der Waals surface area contributed by atoms with Crippen molar-refractivity contribution in [2.24, 2.45) is 17.8 Å². The molecule has 5 aliphatic rings. The molecule has 0 amide bonds. The molecular weight excluding hydrogens is 559 g/mol. The zero-order chi connectivity index (χ0) is 29.3. The van der Waals surface area contributed by atoms with Gasteiger partial charge < -0.3 is 19.2 Å². The molecule has 3 heterocycles. The summed E-state index contributed by atoms with van der Waals surface area (Å²) in [7, 11) is -2.02. The largest absolute Gasteiger partial charge is 0.543 e. The van der Waals surface area contributed by atoms with Crippen LogP contribution in [0.2, 0.25) is 18.1 Å². The molecule has 2 aromatic heterocycles. The van der Waals surface area contributed by atoms with Crippen LogP contribution in [0.3, 0.4) is 0 Å². The Kier molecular flexibility index (Phi) is 6.98. The van der Waals surface area contributed by atoms with E-state index in [1.165, 1.54) is 55.4 Å². The van der Waals surface area contributed by atoms with E-state index in [0.717, 1.165) is 63.6 Å². The molecule has 0 radical (unpaired) electrons. The molecule has 1 saturated heterocycles. The molecule has 0 unspecified atom stereocenters. The lowest BCUT2D eigenvalue weighted by molar-refractivity contribution is -0.00584. The van der Waals surface area contributed by atoms with Crippen LogP contribution in [-0.4, -0.2) is 49.7 Å². The summed E-state index contributed by atoms with van der Waals surface area (Å²) in [4.78, 5) is 12.5. The van der Waals surface area contributed by atoms with E-state index in [2.05, 4.69) is 74.1 Å². The molecule has 224 valence electrons. The summed E-state index contributed by atoms with van der Waals surface area (Å²) in [5, 5.41) is 11.8. The minimum Gasteiger partial charge on any atom is -0.543 e. The Balaban J connectivity index is 1.27. The zero-order valence-corrected chi connectivity index (χ0v) is 27.6. The third-order valence-electron chi connectivity index (χ3n) is 10.9. The van der Waals surface area contributed by atoms with E-state index < -0.39 is 8.32 Å². The quantitative estimate of drug-likeness (QED) is 0.286. The van der Waals surface area contributed by atoms with E-state index in [-0.39, 0.29) is 16.3 Å². The number of ether oxygens (including phenoxy) is 1. The Morgan fingerprint density at radius 1 is 0.952 bits per heavy atom. The van der Waals surface area contributed by atoms with Gasteiger partial charge >= 0.3 is 0 Å². The van der Waals surface area contributed by atoms with Gasteiger partial charge in [0, 0.05) is 18.7 Å². The lowest BCUT2D eigenvalue weighted by Gasteiger charge is -2.57. The number of thiazole rings is 1. The van der Waals surface area contributed by atoms with Crippen molar-refractivity contribution in [3.63, 3.8) is 0 Å². The third kappa shape index (κ3) is 5.07. The van der Waals surface area contributed by atoms with E-state index in [4.69, 9.17) is 14.1 Å². The van der Waals surface area contributed by atoms with Gasteiger partial charge in [0.25, 0.3) is 0 Å². The van der Waals surface area contributed by atoms with Crippen molar-refractivity contribution in [2.45, 2.75) is 82.8 Å². The molecule has 3 aromatic rings. The number of pyridine rings is 1. The monoisotopic (exact) mass is 603 g/mol. The molecule has 8 heteroatoms. The summed E-state index contributed by atoms with van der Waals surface area (Å²) in [6, 6.07) is 13.0. The highest BCUT2D eigenvalue weighted by atomic mass is 32.1. The summed E-state index contributed by atoms with van der Waals surface area (Å²) in [5.74, 6) is 3.74. The van der Waals surface area contributed by atoms with Crippen LogP contribution >= 0.6 is 11.3 Å². The maximum Gasteiger partial charge on any atom is 0.250 e. The fraction of sp³-hybridized carbons (Fsp3) is 0.588. The highest BCUT2D eigenvalue weighted by Gasteiger charge is 2.53. The van der Waals surface area contributed by atoms with Gasteiger partial charge in [-0.05, 0) is 116 Å². The van der Waals surface area contributed by atoms with Crippen LogP contribution in [0.15, 0.2) is 36.4 Å². The first-order valence-corrected chi connectivity index (χ1v) is 19.6. The highest BCUT2D eigenvalue weighted by molar-refractivity contribution is 7.19. The standard InChI is InChI=1S/C34H45N3O3SSi/c1-33(2,3)42(4,5)40-29-10-9-25(18-26(29)34-19-22-15-23(20-34)17-24(16-22)21-34)27-7-6-8-28(35-27)30-31(38)36-32(41-30)37-11-13-39-14-12-37/h6-10,18,22-24,38H,11-17,19-21H2,1-5H3. The minimum absolute atomic E-state index is 0.0542. The summed E-state index contributed by atoms with van der Waals surface area (Å²) >= 11 is 1.51. The molecule has 1 N–H and O–H groups in total. The van der Waals surface area contributed by atoms with Gasteiger partial charge in [-0.2, -0.15) is 4.98 Å². The number of nitrogens with zero attached hydrogens (tertiary/aromatic N) is 3. The third-order valence-corrected chi connectivity index (χ3v) is 16.4. The van der Waals surface area contributed by atoms with Gasteiger partial charge in [-0.1, -0.05) is 38.2 Å². The molecule has 4 saturated carbocycles. The summed E-state index contributed by atoms with van der Waals surface area (Å²) in [5.41, 5.74) is 4.45. The van der Waals surface area contributed by atoms with Gasteiger partial charge in [0.2, 0.25) is 14.2 Å². The first-order chi connectivity index (χ1) is 20.0. The van der Waals surface area contributed by atoms with Gasteiger partial charge in [0.1, 0.15) is 10.6 Å². The van der Waals surface area contributed by atoms with Crippen molar-refractivity contribution in [3.05, 3.63) is 42.0 Å². The average molecular weight is 604 g/mol. The normalized spacial score (nSPS) is 27.5. The molecule has 1 aliphatic heterocycles. The predicted molar refractivity (Wildman–Crippen MR) is 173 cm³/mol. The molecular formula is C34H45N3O3SSi. The van der Waals surface area contributed by atoms with E-state index in [9.17, 15) is 5.11 Å². The average Bonchev–Trinajstić information content (AvgIpc) is 3.34. The molecule has 4 bridgehead atoms. The van der Waals surface area contributed by atoms with E-state index in [1.54, 1.807) is 0 Å². The number of benzene rings is 1. The van der Waals surface area contributed by atoms with Gasteiger partial charge in [0.15, 0.2) is 5.13 Å². The number of aromatic hydroxyl groups is 1. The summed E-state index contributed by atoms with van der Waals surface area (Å²) in [6.45, 7) is 14.7. The molecule has 4 aliphatic carbocycles. The Morgan fingerprint density at radius 2 is 1.60 bits per heavy atom. The van der Waals surface area contributed by atoms with Crippen LogP contribution in [-0.2, 0) is 10.2 Å². The Hall–Kier alpha value is -2.42. The second-order valence-corrected chi connectivity index (χ2v) is 20.6. The van der Waals surface area contributed by atoms with Crippen molar-refractivity contribution >= 4 is 24.8 Å². The van der Waals surface area contributed by atoms with Gasteiger partial charge in [-0.15, -0.1) is 0 Å². The Labute approximate surface area is 255 Å². The zero-order valence-electron chi connectivity index (χ0n) is 25.8. The second-order valence-electron chi connectivity index (χ2n) is 14.9. The molecule has 6 nitrogen and oxygen atoms in total. The summed E-state index contributed by atoms with van der Waals surface area (Å²) in [6.07, 6.45) is 8.15. The molecule has 0 atom stereocenters. The first kappa shape index (κ1) is 28.4. The first-order valence-electron chi connectivity index (χ1n) is 15.8. The topological polar surface area (TPSA) is 67.7 Å². The van der Waals surface area contributed by atoms with Gasteiger partial charge in [-0.25, -0.2) is 4.98 Å². The van der Waals surface area contributed by atoms with E-state index in [1.807, 2.05) is 6.07 Å². The van der Waals surface area contributed by atoms with Crippen molar-refractivity contribution < 1.29 is 14.3 Å². The van der Waals surface area contributed by atoms with Crippen LogP contribution < -0.4 is 9.33 Å². The predicted octanol–water partition coefficient (Wildman–Crippen LogP) is 8.27. The smallest absolute Gasteiger partial charge is 0.250 e. The van der Waals surface area contributed by atoms with Crippen molar-refractivity contribution in [1.82, 2.24) is 9.97 Å². The summed E-state index contributed by atoms with van der Waals surface area (Å²) < 4.78 is 12.6. The van der Waals surface area contributed by atoms with Gasteiger partial charge in [0.05, 0.1) is 24.6 Å². The number of hydrogen-bond donors (Lipinski definition) is 1. The van der Waals surface area contributed by atoms with E-state index in [0.29, 0.717) is 13.2 Å². The molecule has 0 spiro atoms. The SMILES string of the molecule is CC(C)(C)[Si](C)(C)Oc1ccc(-c2cccc(-c3sc(N4CCOCC4)nc3O)n2)cc1C12CC3CC(CC(C3)C1)C2. The molecule has 42 heavy (non-hydrogen) atoms. The maximum absolute atomic E-state index is 10.8. The lowest BCUT2D eigenvalue weighted by Crippen LogP contribution is -2.49. The van der Waals surface area contributed by atoms with E-state index >= 15 is 0 Å². The number of rotatable bonds is 6. The number of morpholine rings is 1. The lowest BCUT2D eigenvalue weighted by atomic mass is 9.48. The Bertz CT molecular complexity index is 1440. The fourth-order valence-corrected chi connectivity index (χ4v) is 10.2. The Morgan fingerprint density at radius 3 is 2.24 bits per heavy atom. The van der Waals surface area contributed by atoms with Crippen LogP contribution in [0.5, 0.6) is 11.6 Å². The van der Waals surface area contributed by atoms with Crippen LogP contribution in [0.4, 0.5) is 5.13 Å². The minimum atomic E-state index is -2.02. The molecule has 8 rings (SSSR count). The van der Waals surface area contributed by atoms with Crippen LogP contribution in [0.1, 0.15) is 64.9 Å². The van der Waals surface area contributed by atoms with Crippen LogP contribution in [0.25, 0.3) is 21.8 Å². The number of anilines is 1. The maximum atomic E-state index is 10.8. The highest BCUT2D eigenvalue weighted by Crippen LogP contribution is 2.62. The molecule has 5 fully saturated rings.